The summed E-state index contributed by atoms with van der Waals surface area (Å²) in [5, 5.41) is 19.0. The Morgan fingerprint density at radius 3 is 2.32 bits per heavy atom. The van der Waals surface area contributed by atoms with Gasteiger partial charge in [0.15, 0.2) is 5.82 Å². The number of H-pyrrole nitrogens is 1. The van der Waals surface area contributed by atoms with Crippen molar-refractivity contribution in [2.75, 3.05) is 25.0 Å². The first-order valence-electron chi connectivity index (χ1n) is 10.2. The molecule has 8 N–H and O–H groups in total. The van der Waals surface area contributed by atoms with E-state index in [1.54, 1.807) is 13.0 Å². The molecule has 1 aromatic carbocycles. The summed E-state index contributed by atoms with van der Waals surface area (Å²) >= 11 is 0. The fourth-order valence-corrected chi connectivity index (χ4v) is 2.43. The molecule has 0 spiro atoms. The molecule has 0 unspecified atom stereocenters. The zero-order valence-corrected chi connectivity index (χ0v) is 19.2. The van der Waals surface area contributed by atoms with E-state index in [4.69, 9.17) is 25.9 Å². The topological polar surface area (TPSA) is 195 Å². The summed E-state index contributed by atoms with van der Waals surface area (Å²) in [6.45, 7) is 0.919. The predicted molar refractivity (Wildman–Crippen MR) is 120 cm³/mol. The number of rotatable bonds is 10. The summed E-state index contributed by atoms with van der Waals surface area (Å²) < 4.78 is 60.4. The minimum absolute atomic E-state index is 0.0602. The second-order valence-corrected chi connectivity index (χ2v) is 7.10. The maximum atomic E-state index is 14.3. The van der Waals surface area contributed by atoms with Crippen molar-refractivity contribution in [3.05, 3.63) is 57.6 Å². The molecule has 1 heterocycles. The number of alkyl halides is 5. The lowest BCUT2D eigenvalue weighted by Crippen LogP contribution is -2.35. The Hall–Kier alpha value is -4.28. The van der Waals surface area contributed by atoms with Gasteiger partial charge in [-0.15, -0.1) is 0 Å². The highest BCUT2D eigenvalue weighted by Crippen LogP contribution is 2.27. The average molecular weight is 537 g/mol. The van der Waals surface area contributed by atoms with Crippen LogP contribution in [0.15, 0.2) is 35.1 Å². The summed E-state index contributed by atoms with van der Waals surface area (Å²) in [4.78, 5) is 44.3. The molecule has 0 saturated heterocycles. The number of nitrogens with zero attached hydrogens (tertiary/aromatic N) is 1. The Morgan fingerprint density at radius 2 is 1.78 bits per heavy atom. The van der Waals surface area contributed by atoms with Gasteiger partial charge in [0.1, 0.15) is 0 Å². The van der Waals surface area contributed by atoms with Crippen LogP contribution in [0, 0.1) is 12.3 Å². The molecule has 2 aromatic rings. The number of aromatic amines is 1. The highest BCUT2D eigenvalue weighted by molar-refractivity contribution is 5.78. The van der Waals surface area contributed by atoms with Gasteiger partial charge < -0.3 is 26.5 Å². The minimum Gasteiger partial charge on any atom is -0.475 e. The van der Waals surface area contributed by atoms with Gasteiger partial charge in [-0.1, -0.05) is 30.3 Å². The zero-order chi connectivity index (χ0) is 28.2. The number of hydrogen-bond donors (Lipinski definition) is 7. The van der Waals surface area contributed by atoms with Gasteiger partial charge in [-0.05, 0) is 6.92 Å². The number of nitrogens with one attached hydrogen (secondary N) is 5. The third-order valence-electron chi connectivity index (χ3n) is 4.15. The van der Waals surface area contributed by atoms with E-state index in [1.165, 1.54) is 24.3 Å². The van der Waals surface area contributed by atoms with Crippen LogP contribution < -0.4 is 27.4 Å². The lowest BCUT2D eigenvalue weighted by molar-refractivity contribution is -0.192. The Kier molecular flexibility index (Phi) is 11.4. The van der Waals surface area contributed by atoms with Crippen molar-refractivity contribution in [1.29, 1.82) is 5.41 Å². The molecule has 0 saturated carbocycles. The van der Waals surface area contributed by atoms with Gasteiger partial charge in [-0.25, -0.2) is 15.3 Å². The van der Waals surface area contributed by atoms with Gasteiger partial charge in [0.05, 0.1) is 25.3 Å². The number of anilines is 1. The minimum atomic E-state index is -5.08. The van der Waals surface area contributed by atoms with E-state index in [-0.39, 0.29) is 42.6 Å². The number of aromatic nitrogens is 2. The molecule has 0 aliphatic rings. The Labute approximate surface area is 205 Å². The van der Waals surface area contributed by atoms with Crippen LogP contribution in [0.1, 0.15) is 17.0 Å². The molecule has 0 aliphatic heterocycles. The monoisotopic (exact) mass is 537 g/mol. The van der Waals surface area contributed by atoms with E-state index < -0.39 is 36.1 Å². The molecule has 0 bridgehead atoms. The van der Waals surface area contributed by atoms with Crippen LogP contribution in [-0.4, -0.2) is 58.8 Å². The van der Waals surface area contributed by atoms with E-state index in [1.807, 2.05) is 0 Å². The SMILES string of the molecule is Cc1[nH]c(=O)c(NCC(F)(F)c2ccccc2)nc1CC(=O)NCCONC(=N)N.O=C(O)C(F)(F)F. The van der Waals surface area contributed by atoms with E-state index in [9.17, 15) is 31.5 Å². The van der Waals surface area contributed by atoms with Crippen molar-refractivity contribution < 1.29 is 41.5 Å². The zero-order valence-electron chi connectivity index (χ0n) is 19.2. The fourth-order valence-electron chi connectivity index (χ4n) is 2.43. The molecular formula is C20H24F5N7O5. The van der Waals surface area contributed by atoms with Crippen molar-refractivity contribution in [3.63, 3.8) is 0 Å². The molecule has 0 radical (unpaired) electrons. The van der Waals surface area contributed by atoms with Crippen LogP contribution in [0.5, 0.6) is 0 Å². The number of benzene rings is 1. The lowest BCUT2D eigenvalue weighted by Gasteiger charge is -2.18. The van der Waals surface area contributed by atoms with E-state index in [0.717, 1.165) is 0 Å². The first kappa shape index (κ1) is 30.8. The Bertz CT molecular complexity index is 1130. The van der Waals surface area contributed by atoms with Crippen LogP contribution in [0.25, 0.3) is 0 Å². The number of carbonyl (C=O) groups excluding carboxylic acids is 1. The number of hydroxylamine groups is 1. The smallest absolute Gasteiger partial charge is 0.475 e. The quantitative estimate of drug-likeness (QED) is 0.0760. The highest BCUT2D eigenvalue weighted by atomic mass is 19.4. The number of carboxylic acids is 1. The largest absolute Gasteiger partial charge is 0.490 e. The van der Waals surface area contributed by atoms with Crippen LogP contribution in [0.3, 0.4) is 0 Å². The van der Waals surface area contributed by atoms with Crippen LogP contribution in [-0.2, 0) is 26.8 Å². The van der Waals surface area contributed by atoms with E-state index >= 15 is 0 Å². The Balaban J connectivity index is 0.000000856. The summed E-state index contributed by atoms with van der Waals surface area (Å²) in [5.74, 6) is -7.05. The number of aliphatic carboxylic acids is 1. The molecule has 12 nitrogen and oxygen atoms in total. The third-order valence-corrected chi connectivity index (χ3v) is 4.15. The number of guanidine groups is 1. The number of halogens is 5. The van der Waals surface area contributed by atoms with Crippen LogP contribution >= 0.6 is 0 Å². The molecule has 2 rings (SSSR count). The van der Waals surface area contributed by atoms with Gasteiger partial charge in [0, 0.05) is 17.8 Å². The fraction of sp³-hybridized carbons (Fsp3) is 0.350. The third kappa shape index (κ3) is 11.3. The molecule has 37 heavy (non-hydrogen) atoms. The second kappa shape index (κ2) is 13.7. The summed E-state index contributed by atoms with van der Waals surface area (Å²) in [6, 6.07) is 7.21. The van der Waals surface area contributed by atoms with Gasteiger partial charge in [0.2, 0.25) is 11.9 Å². The first-order chi connectivity index (χ1) is 17.1. The van der Waals surface area contributed by atoms with Gasteiger partial charge in [0.25, 0.3) is 11.5 Å². The maximum absolute atomic E-state index is 14.3. The normalized spacial score (nSPS) is 11.1. The predicted octanol–water partition coefficient (Wildman–Crippen LogP) is 0.989. The van der Waals surface area contributed by atoms with Crippen LogP contribution in [0.2, 0.25) is 0 Å². The van der Waals surface area contributed by atoms with Crippen molar-refractivity contribution >= 4 is 23.7 Å². The molecule has 1 aromatic heterocycles. The van der Waals surface area contributed by atoms with E-state index in [2.05, 4.69) is 26.1 Å². The van der Waals surface area contributed by atoms with Gasteiger partial charge >= 0.3 is 12.1 Å². The number of carbonyl (C=O) groups is 2. The standard InChI is InChI=1S/C18H23F2N7O3.C2HF3O2/c1-11-13(9-14(28)23-7-8-30-27-17(21)22)26-15(16(29)25-11)24-10-18(19,20)12-5-3-2-4-6-12;3-2(4,5)1(6)7/h2-6H,7-10H2,1H3,(H,23,28)(H,24,26)(H,25,29)(H4,21,22,27);(H,6,7). The molecule has 1 amide bonds. The van der Waals surface area contributed by atoms with Gasteiger partial charge in [-0.3, -0.25) is 19.8 Å². The van der Waals surface area contributed by atoms with Gasteiger partial charge in [-0.2, -0.15) is 22.0 Å². The molecular weight excluding hydrogens is 513 g/mol. The number of aryl methyl sites for hydroxylation is 1. The Morgan fingerprint density at radius 1 is 1.19 bits per heavy atom. The summed E-state index contributed by atoms with van der Waals surface area (Å²) in [6.07, 6.45) is -5.26. The lowest BCUT2D eigenvalue weighted by atomic mass is 10.1. The maximum Gasteiger partial charge on any atom is 0.490 e. The first-order valence-corrected chi connectivity index (χ1v) is 10.2. The second-order valence-electron chi connectivity index (χ2n) is 7.10. The summed E-state index contributed by atoms with van der Waals surface area (Å²) in [7, 11) is 0. The number of amides is 1. The number of hydrogen-bond acceptors (Lipinski definition) is 7. The molecule has 0 fully saturated rings. The average Bonchev–Trinajstić information content (AvgIpc) is 2.80. The van der Waals surface area contributed by atoms with E-state index in [0.29, 0.717) is 5.69 Å². The van der Waals surface area contributed by atoms with Crippen molar-refractivity contribution in [1.82, 2.24) is 20.8 Å². The van der Waals surface area contributed by atoms with Crippen molar-refractivity contribution in [2.24, 2.45) is 5.73 Å². The molecule has 17 heteroatoms. The molecule has 0 atom stereocenters. The van der Waals surface area contributed by atoms with Crippen molar-refractivity contribution in [3.8, 4) is 0 Å². The van der Waals surface area contributed by atoms with Crippen LogP contribution in [0.4, 0.5) is 27.8 Å². The summed E-state index contributed by atoms with van der Waals surface area (Å²) in [5.41, 5.74) is 6.88. The number of carboxylic acid groups (broad SMARTS) is 1. The highest BCUT2D eigenvalue weighted by Gasteiger charge is 2.38. The molecule has 0 aliphatic carbocycles. The molecule has 204 valence electrons. The number of nitrogens with two attached hydrogens (primary N) is 1. The van der Waals surface area contributed by atoms with Crippen molar-refractivity contribution in [2.45, 2.75) is 25.4 Å².